The average Bonchev–Trinajstić information content (AvgIpc) is 2.62. The van der Waals surface area contributed by atoms with Crippen LogP contribution in [-0.4, -0.2) is 27.1 Å². The zero-order chi connectivity index (χ0) is 20.6. The maximum atomic E-state index is 11.9. The van der Waals surface area contributed by atoms with E-state index in [9.17, 15) is 13.2 Å². The van der Waals surface area contributed by atoms with E-state index in [4.69, 9.17) is 27.9 Å². The molecule has 0 amide bonds. The van der Waals surface area contributed by atoms with Crippen LogP contribution >= 0.6 is 23.2 Å². The van der Waals surface area contributed by atoms with Gasteiger partial charge in [-0.05, 0) is 54.7 Å². The molecule has 7 heteroatoms. The van der Waals surface area contributed by atoms with E-state index in [2.05, 4.69) is 0 Å². The van der Waals surface area contributed by atoms with Crippen LogP contribution in [0.4, 0.5) is 0 Å². The van der Waals surface area contributed by atoms with Crippen molar-refractivity contribution in [1.29, 1.82) is 0 Å². The van der Waals surface area contributed by atoms with Gasteiger partial charge in [-0.2, -0.15) is 0 Å². The molecule has 0 radical (unpaired) electrons. The van der Waals surface area contributed by atoms with Crippen molar-refractivity contribution in [3.05, 3.63) is 63.6 Å². The third kappa shape index (κ3) is 8.63. The first-order valence-corrected chi connectivity index (χ1v) is 11.9. The van der Waals surface area contributed by atoms with Crippen molar-refractivity contribution in [2.45, 2.75) is 37.9 Å². The molecule has 0 saturated heterocycles. The van der Waals surface area contributed by atoms with Crippen LogP contribution in [0.1, 0.15) is 36.8 Å². The van der Waals surface area contributed by atoms with Gasteiger partial charge in [-0.3, -0.25) is 4.79 Å². The SMILES string of the molecule is CS(=O)(=O)Cc1ccc(OCC(=O)CCCCCc2ccc(Cl)c(Cl)c2)cc1. The van der Waals surface area contributed by atoms with Gasteiger partial charge in [0.2, 0.25) is 0 Å². The van der Waals surface area contributed by atoms with Crippen LogP contribution in [0, 0.1) is 0 Å². The third-order valence-corrected chi connectivity index (χ3v) is 5.75. The highest BCUT2D eigenvalue weighted by molar-refractivity contribution is 7.89. The molecule has 0 heterocycles. The highest BCUT2D eigenvalue weighted by Crippen LogP contribution is 2.23. The number of halogens is 2. The molecular formula is C21H24Cl2O4S. The molecule has 0 aliphatic heterocycles. The Labute approximate surface area is 176 Å². The molecule has 0 unspecified atom stereocenters. The molecule has 0 saturated carbocycles. The molecule has 0 N–H and O–H groups in total. The van der Waals surface area contributed by atoms with E-state index >= 15 is 0 Å². The van der Waals surface area contributed by atoms with Crippen molar-refractivity contribution in [3.8, 4) is 5.75 Å². The van der Waals surface area contributed by atoms with Crippen LogP contribution in [0.2, 0.25) is 10.0 Å². The molecule has 0 aromatic heterocycles. The van der Waals surface area contributed by atoms with Crippen LogP contribution in [0.5, 0.6) is 5.75 Å². The van der Waals surface area contributed by atoms with E-state index in [1.807, 2.05) is 12.1 Å². The fourth-order valence-corrected chi connectivity index (χ4v) is 3.86. The van der Waals surface area contributed by atoms with E-state index in [-0.39, 0.29) is 18.1 Å². The number of ether oxygens (including phenoxy) is 1. The Bertz CT molecular complexity index is 893. The number of benzene rings is 2. The Balaban J connectivity index is 1.62. The minimum Gasteiger partial charge on any atom is -0.486 e. The predicted octanol–water partition coefficient (Wildman–Crippen LogP) is 5.29. The summed E-state index contributed by atoms with van der Waals surface area (Å²) in [6.07, 6.45) is 5.33. The van der Waals surface area contributed by atoms with Crippen LogP contribution in [0.3, 0.4) is 0 Å². The Hall–Kier alpha value is -1.56. The number of Topliss-reactive ketones (excluding diaryl/α,β-unsaturated/α-hetero) is 1. The zero-order valence-electron chi connectivity index (χ0n) is 15.8. The standard InChI is InChI=1S/C21H24Cl2O4S/c1-28(25,26)15-17-7-10-19(11-8-17)27-14-18(24)6-4-2-3-5-16-9-12-20(22)21(23)13-16/h7-13H,2-6,14-15H2,1H3. The molecule has 0 bridgehead atoms. The van der Waals surface area contributed by atoms with Gasteiger partial charge in [-0.15, -0.1) is 0 Å². The summed E-state index contributed by atoms with van der Waals surface area (Å²) in [6.45, 7) is 0.0260. The average molecular weight is 443 g/mol. The number of sulfone groups is 1. The minimum absolute atomic E-state index is 0.00552. The van der Waals surface area contributed by atoms with Crippen molar-refractivity contribution in [2.24, 2.45) is 0 Å². The van der Waals surface area contributed by atoms with Gasteiger partial charge in [-0.1, -0.05) is 47.8 Å². The Morgan fingerprint density at radius 1 is 0.929 bits per heavy atom. The highest BCUT2D eigenvalue weighted by atomic mass is 35.5. The number of aryl methyl sites for hydroxylation is 1. The number of unbranched alkanes of at least 4 members (excludes halogenated alkanes) is 2. The molecule has 28 heavy (non-hydrogen) atoms. The van der Waals surface area contributed by atoms with E-state index in [0.29, 0.717) is 27.8 Å². The Kier molecular flexibility index (Phi) is 8.80. The summed E-state index contributed by atoms with van der Waals surface area (Å²) in [5.41, 5.74) is 1.84. The lowest BCUT2D eigenvalue weighted by atomic mass is 10.1. The minimum atomic E-state index is -3.06. The number of rotatable bonds is 11. The van der Waals surface area contributed by atoms with E-state index in [1.165, 1.54) is 6.26 Å². The second-order valence-corrected chi connectivity index (χ2v) is 9.81. The quantitative estimate of drug-likeness (QED) is 0.443. The second-order valence-electron chi connectivity index (χ2n) is 6.85. The lowest BCUT2D eigenvalue weighted by molar-refractivity contribution is -0.121. The molecule has 2 rings (SSSR count). The zero-order valence-corrected chi connectivity index (χ0v) is 18.1. The van der Waals surface area contributed by atoms with Crippen molar-refractivity contribution in [2.75, 3.05) is 12.9 Å². The number of ketones is 1. The van der Waals surface area contributed by atoms with E-state index in [1.54, 1.807) is 30.3 Å². The van der Waals surface area contributed by atoms with Crippen molar-refractivity contribution in [1.82, 2.24) is 0 Å². The third-order valence-electron chi connectivity index (χ3n) is 4.16. The lowest BCUT2D eigenvalue weighted by Crippen LogP contribution is -2.11. The van der Waals surface area contributed by atoms with E-state index in [0.717, 1.165) is 31.2 Å². The summed E-state index contributed by atoms with van der Waals surface area (Å²) in [6, 6.07) is 12.4. The first-order chi connectivity index (χ1) is 13.2. The second kappa shape index (κ2) is 10.8. The largest absolute Gasteiger partial charge is 0.486 e. The number of carbonyl (C=O) groups is 1. The molecule has 0 atom stereocenters. The highest BCUT2D eigenvalue weighted by Gasteiger charge is 2.07. The molecule has 0 fully saturated rings. The van der Waals surface area contributed by atoms with Gasteiger partial charge >= 0.3 is 0 Å². The Morgan fingerprint density at radius 2 is 1.61 bits per heavy atom. The monoisotopic (exact) mass is 442 g/mol. The van der Waals surface area contributed by atoms with Crippen molar-refractivity contribution >= 4 is 38.8 Å². The summed E-state index contributed by atoms with van der Waals surface area (Å²) in [4.78, 5) is 11.9. The summed E-state index contributed by atoms with van der Waals surface area (Å²) in [5.74, 6) is 0.606. The molecule has 4 nitrogen and oxygen atoms in total. The normalized spacial score (nSPS) is 11.4. The summed E-state index contributed by atoms with van der Waals surface area (Å²) < 4.78 is 28.0. The topological polar surface area (TPSA) is 60.4 Å². The predicted molar refractivity (Wildman–Crippen MR) is 114 cm³/mol. The maximum Gasteiger partial charge on any atom is 0.170 e. The Morgan fingerprint density at radius 3 is 2.25 bits per heavy atom. The molecular weight excluding hydrogens is 419 g/mol. The van der Waals surface area contributed by atoms with Crippen LogP contribution in [0.25, 0.3) is 0 Å². The first kappa shape index (κ1) is 22.7. The van der Waals surface area contributed by atoms with Crippen LogP contribution in [-0.2, 0) is 26.8 Å². The number of hydrogen-bond acceptors (Lipinski definition) is 4. The fourth-order valence-electron chi connectivity index (χ4n) is 2.74. The molecule has 152 valence electrons. The van der Waals surface area contributed by atoms with Crippen molar-refractivity contribution < 1.29 is 17.9 Å². The van der Waals surface area contributed by atoms with Gasteiger partial charge in [0.1, 0.15) is 12.4 Å². The number of hydrogen-bond donors (Lipinski definition) is 0. The molecule has 0 aliphatic carbocycles. The molecule has 2 aromatic carbocycles. The molecule has 0 spiro atoms. The lowest BCUT2D eigenvalue weighted by Gasteiger charge is -2.07. The van der Waals surface area contributed by atoms with Gasteiger partial charge in [0.25, 0.3) is 0 Å². The van der Waals surface area contributed by atoms with Crippen LogP contribution < -0.4 is 4.74 Å². The van der Waals surface area contributed by atoms with Gasteiger partial charge in [0.15, 0.2) is 15.6 Å². The van der Waals surface area contributed by atoms with Crippen LogP contribution in [0.15, 0.2) is 42.5 Å². The van der Waals surface area contributed by atoms with Gasteiger partial charge in [0.05, 0.1) is 15.8 Å². The van der Waals surface area contributed by atoms with Gasteiger partial charge < -0.3 is 4.74 Å². The molecule has 2 aromatic rings. The summed E-state index contributed by atoms with van der Waals surface area (Å²) in [7, 11) is -3.06. The number of carbonyl (C=O) groups excluding carboxylic acids is 1. The summed E-state index contributed by atoms with van der Waals surface area (Å²) >= 11 is 11.9. The first-order valence-electron chi connectivity index (χ1n) is 9.08. The molecule has 0 aliphatic rings. The van der Waals surface area contributed by atoms with Gasteiger partial charge in [0, 0.05) is 12.7 Å². The van der Waals surface area contributed by atoms with Crippen molar-refractivity contribution in [3.63, 3.8) is 0 Å². The van der Waals surface area contributed by atoms with E-state index < -0.39 is 9.84 Å². The smallest absolute Gasteiger partial charge is 0.170 e. The fraction of sp³-hybridized carbons (Fsp3) is 0.381. The maximum absolute atomic E-state index is 11.9. The summed E-state index contributed by atoms with van der Waals surface area (Å²) in [5, 5.41) is 1.12. The van der Waals surface area contributed by atoms with Gasteiger partial charge in [-0.25, -0.2) is 8.42 Å².